The maximum atomic E-state index is 9.64. The molecule has 0 aromatic carbocycles. The summed E-state index contributed by atoms with van der Waals surface area (Å²) >= 11 is 1.57. The summed E-state index contributed by atoms with van der Waals surface area (Å²) in [7, 11) is 0. The molecular formula is C13H19N3O2S. The first-order valence-corrected chi connectivity index (χ1v) is 7.66. The van der Waals surface area contributed by atoms with Crippen LogP contribution in [0.5, 0.6) is 0 Å². The van der Waals surface area contributed by atoms with Crippen molar-refractivity contribution >= 4 is 22.1 Å². The molecule has 1 aliphatic rings. The van der Waals surface area contributed by atoms with Gasteiger partial charge in [-0.15, -0.1) is 11.3 Å². The van der Waals surface area contributed by atoms with Gasteiger partial charge >= 0.3 is 0 Å². The highest BCUT2D eigenvalue weighted by Crippen LogP contribution is 2.31. The molecule has 3 rings (SSSR count). The number of aliphatic hydroxyl groups is 2. The van der Waals surface area contributed by atoms with Gasteiger partial charge in [-0.05, 0) is 12.8 Å². The van der Waals surface area contributed by atoms with Crippen molar-refractivity contribution in [1.82, 2.24) is 9.38 Å². The minimum Gasteiger partial charge on any atom is -0.395 e. The number of hydrogen-bond acceptors (Lipinski definition) is 5. The Balaban J connectivity index is 2.00. The van der Waals surface area contributed by atoms with Crippen LogP contribution in [0.3, 0.4) is 0 Å². The average molecular weight is 281 g/mol. The molecular weight excluding hydrogens is 262 g/mol. The minimum absolute atomic E-state index is 0.0259. The summed E-state index contributed by atoms with van der Waals surface area (Å²) in [5, 5.41) is 20.9. The molecule has 0 spiro atoms. The fourth-order valence-corrected chi connectivity index (χ4v) is 3.71. The van der Waals surface area contributed by atoms with E-state index in [2.05, 4.69) is 9.88 Å². The molecule has 1 aliphatic carbocycles. The topological polar surface area (TPSA) is 61.0 Å². The zero-order valence-corrected chi connectivity index (χ0v) is 11.6. The van der Waals surface area contributed by atoms with Crippen LogP contribution in [0.25, 0.3) is 4.96 Å². The van der Waals surface area contributed by atoms with Crippen molar-refractivity contribution in [1.29, 1.82) is 0 Å². The van der Waals surface area contributed by atoms with E-state index in [-0.39, 0.29) is 13.2 Å². The first kappa shape index (κ1) is 12.9. The molecule has 1 fully saturated rings. The van der Waals surface area contributed by atoms with Gasteiger partial charge < -0.3 is 15.1 Å². The van der Waals surface area contributed by atoms with Gasteiger partial charge in [-0.25, -0.2) is 4.98 Å². The second-order valence-corrected chi connectivity index (χ2v) is 5.82. The third kappa shape index (κ3) is 2.24. The number of rotatable bonds is 5. The van der Waals surface area contributed by atoms with Crippen LogP contribution in [0.2, 0.25) is 0 Å². The Morgan fingerprint density at radius 2 is 2.16 bits per heavy atom. The number of imidazole rings is 1. The van der Waals surface area contributed by atoms with Crippen molar-refractivity contribution in [2.24, 2.45) is 0 Å². The highest BCUT2D eigenvalue weighted by atomic mass is 32.1. The highest BCUT2D eigenvalue weighted by molar-refractivity contribution is 7.15. The molecule has 6 heteroatoms. The van der Waals surface area contributed by atoms with Gasteiger partial charge in [-0.3, -0.25) is 4.40 Å². The maximum Gasteiger partial charge on any atom is 0.195 e. The standard InChI is InChI=1S/C13H19N3O2S/c17-7-5-15(10-3-1-2-4-10)12-11(9-18)16-6-8-19-13(16)14-12/h6,8,10,17-18H,1-5,7,9H2. The van der Waals surface area contributed by atoms with Crippen LogP contribution >= 0.6 is 11.3 Å². The second kappa shape index (κ2) is 5.48. The quantitative estimate of drug-likeness (QED) is 0.874. The van der Waals surface area contributed by atoms with Crippen molar-refractivity contribution in [3.8, 4) is 0 Å². The van der Waals surface area contributed by atoms with Crippen LogP contribution in [0.1, 0.15) is 31.4 Å². The smallest absolute Gasteiger partial charge is 0.195 e. The Hall–Kier alpha value is -1.11. The molecule has 0 unspecified atom stereocenters. The molecule has 19 heavy (non-hydrogen) atoms. The number of thiazole rings is 1. The molecule has 0 amide bonds. The van der Waals surface area contributed by atoms with E-state index in [9.17, 15) is 10.2 Å². The van der Waals surface area contributed by atoms with E-state index in [4.69, 9.17) is 0 Å². The maximum absolute atomic E-state index is 9.64. The Kier molecular flexibility index (Phi) is 3.72. The van der Waals surface area contributed by atoms with Crippen molar-refractivity contribution in [2.45, 2.75) is 38.3 Å². The Morgan fingerprint density at radius 3 is 2.84 bits per heavy atom. The molecule has 0 atom stereocenters. The molecule has 5 nitrogen and oxygen atoms in total. The van der Waals surface area contributed by atoms with Gasteiger partial charge in [0.1, 0.15) is 0 Å². The summed E-state index contributed by atoms with van der Waals surface area (Å²) < 4.78 is 1.94. The monoisotopic (exact) mass is 281 g/mol. The molecule has 1 saturated carbocycles. The van der Waals surface area contributed by atoms with E-state index in [0.29, 0.717) is 12.6 Å². The predicted octanol–water partition coefficient (Wildman–Crippen LogP) is 1.63. The Morgan fingerprint density at radius 1 is 1.37 bits per heavy atom. The number of hydrogen-bond donors (Lipinski definition) is 2. The first-order chi connectivity index (χ1) is 9.35. The summed E-state index contributed by atoms with van der Waals surface area (Å²) in [5.74, 6) is 0.843. The number of aromatic nitrogens is 2. The van der Waals surface area contributed by atoms with Crippen LogP contribution < -0.4 is 4.90 Å². The number of anilines is 1. The number of fused-ring (bicyclic) bond motifs is 1. The third-order valence-corrected chi connectivity index (χ3v) is 4.62. The van der Waals surface area contributed by atoms with Crippen LogP contribution in [0, 0.1) is 0 Å². The summed E-state index contributed by atoms with van der Waals surface area (Å²) in [5.41, 5.74) is 0.830. The summed E-state index contributed by atoms with van der Waals surface area (Å²) in [6.45, 7) is 0.678. The average Bonchev–Trinajstić information content (AvgIpc) is 3.11. The molecule has 0 saturated heterocycles. The fraction of sp³-hybridized carbons (Fsp3) is 0.615. The lowest BCUT2D eigenvalue weighted by Crippen LogP contribution is -2.36. The third-order valence-electron chi connectivity index (χ3n) is 3.87. The lowest BCUT2D eigenvalue weighted by molar-refractivity contribution is 0.274. The Bertz CT molecular complexity index is 545. The van der Waals surface area contributed by atoms with Crippen LogP contribution in [-0.4, -0.2) is 38.8 Å². The molecule has 0 radical (unpaired) electrons. The lowest BCUT2D eigenvalue weighted by Gasteiger charge is -2.29. The molecule has 2 heterocycles. The van der Waals surface area contributed by atoms with Crippen LogP contribution in [-0.2, 0) is 6.61 Å². The zero-order valence-electron chi connectivity index (χ0n) is 10.8. The van der Waals surface area contributed by atoms with E-state index >= 15 is 0 Å². The summed E-state index contributed by atoms with van der Waals surface area (Å²) in [6.07, 6.45) is 6.71. The van der Waals surface area contributed by atoms with Gasteiger partial charge in [0.15, 0.2) is 10.8 Å². The number of nitrogens with zero attached hydrogens (tertiary/aromatic N) is 3. The van der Waals surface area contributed by atoms with E-state index < -0.39 is 0 Å². The molecule has 2 aromatic heterocycles. The normalized spacial score (nSPS) is 16.5. The van der Waals surface area contributed by atoms with Gasteiger partial charge in [0.2, 0.25) is 0 Å². The molecule has 0 bridgehead atoms. The SMILES string of the molecule is OCCN(c1nc2sccn2c1CO)C1CCCC1. The van der Waals surface area contributed by atoms with E-state index in [1.165, 1.54) is 12.8 Å². The van der Waals surface area contributed by atoms with Gasteiger partial charge in [0.25, 0.3) is 0 Å². The zero-order chi connectivity index (χ0) is 13.2. The van der Waals surface area contributed by atoms with Crippen molar-refractivity contribution in [3.05, 3.63) is 17.3 Å². The largest absolute Gasteiger partial charge is 0.395 e. The van der Waals surface area contributed by atoms with Crippen molar-refractivity contribution in [3.63, 3.8) is 0 Å². The molecule has 0 aliphatic heterocycles. The van der Waals surface area contributed by atoms with Gasteiger partial charge in [-0.2, -0.15) is 0 Å². The van der Waals surface area contributed by atoms with Gasteiger partial charge in [0, 0.05) is 24.2 Å². The number of aliphatic hydroxyl groups excluding tert-OH is 2. The lowest BCUT2D eigenvalue weighted by atomic mass is 10.2. The van der Waals surface area contributed by atoms with E-state index in [1.807, 2.05) is 16.0 Å². The predicted molar refractivity (Wildman–Crippen MR) is 75.7 cm³/mol. The van der Waals surface area contributed by atoms with Gasteiger partial charge in [-0.1, -0.05) is 12.8 Å². The fourth-order valence-electron chi connectivity index (χ4n) is 2.98. The second-order valence-electron chi connectivity index (χ2n) is 4.95. The first-order valence-electron chi connectivity index (χ1n) is 6.78. The summed E-state index contributed by atoms with van der Waals surface area (Å²) in [4.78, 5) is 7.72. The van der Waals surface area contributed by atoms with Crippen LogP contribution in [0.4, 0.5) is 5.82 Å². The van der Waals surface area contributed by atoms with Gasteiger partial charge in [0.05, 0.1) is 18.9 Å². The van der Waals surface area contributed by atoms with Crippen LogP contribution in [0.15, 0.2) is 11.6 Å². The molecule has 104 valence electrons. The highest BCUT2D eigenvalue weighted by Gasteiger charge is 2.27. The van der Waals surface area contributed by atoms with E-state index in [0.717, 1.165) is 29.3 Å². The van der Waals surface area contributed by atoms with Crippen molar-refractivity contribution < 1.29 is 10.2 Å². The molecule has 2 aromatic rings. The summed E-state index contributed by atoms with van der Waals surface area (Å²) in [6, 6.07) is 0.446. The minimum atomic E-state index is -0.0259. The molecule has 2 N–H and O–H groups in total. The Labute approximate surface area is 116 Å². The van der Waals surface area contributed by atoms with Crippen molar-refractivity contribution in [2.75, 3.05) is 18.1 Å². The van der Waals surface area contributed by atoms with E-state index in [1.54, 1.807) is 11.3 Å².